The van der Waals surface area contributed by atoms with Crippen LogP contribution < -0.4 is 5.56 Å². The van der Waals surface area contributed by atoms with E-state index in [0.717, 1.165) is 33.5 Å². The van der Waals surface area contributed by atoms with Crippen molar-refractivity contribution in [3.8, 4) is 5.69 Å². The summed E-state index contributed by atoms with van der Waals surface area (Å²) in [6.07, 6.45) is 0. The van der Waals surface area contributed by atoms with Gasteiger partial charge in [0.2, 0.25) is 0 Å². The zero-order valence-electron chi connectivity index (χ0n) is 17.1. The number of nitrogens with zero attached hydrogens (tertiary/aromatic N) is 3. The molecule has 0 N–H and O–H groups in total. The van der Waals surface area contributed by atoms with Gasteiger partial charge in [-0.2, -0.15) is 5.10 Å². The van der Waals surface area contributed by atoms with Gasteiger partial charge in [-0.05, 0) is 63.4 Å². The maximum absolute atomic E-state index is 13.0. The monoisotopic (exact) mass is 371 g/mol. The third-order valence-electron chi connectivity index (χ3n) is 5.40. The highest BCUT2D eigenvalue weighted by Gasteiger charge is 2.17. The van der Waals surface area contributed by atoms with Crippen LogP contribution in [-0.2, 0) is 6.54 Å². The van der Waals surface area contributed by atoms with Gasteiger partial charge in [0.1, 0.15) is 5.65 Å². The molecule has 4 heteroatoms. The van der Waals surface area contributed by atoms with Crippen LogP contribution in [0.4, 0.5) is 0 Å². The Kier molecular flexibility index (Phi) is 4.42. The Morgan fingerprint density at radius 3 is 2.21 bits per heavy atom. The molecule has 2 heterocycles. The summed E-state index contributed by atoms with van der Waals surface area (Å²) in [5.41, 5.74) is 8.44. The Balaban J connectivity index is 2.01. The molecule has 0 fully saturated rings. The van der Waals surface area contributed by atoms with Crippen molar-refractivity contribution in [1.29, 1.82) is 0 Å². The van der Waals surface area contributed by atoms with Gasteiger partial charge >= 0.3 is 0 Å². The normalized spacial score (nSPS) is 11.3. The summed E-state index contributed by atoms with van der Waals surface area (Å²) < 4.78 is 3.76. The molecule has 2 aromatic heterocycles. The third kappa shape index (κ3) is 3.05. The first-order chi connectivity index (χ1) is 13.3. The van der Waals surface area contributed by atoms with E-state index in [1.54, 1.807) is 6.07 Å². The number of hydrogen-bond acceptors (Lipinski definition) is 2. The number of benzene rings is 2. The Morgan fingerprint density at radius 1 is 0.821 bits per heavy atom. The van der Waals surface area contributed by atoms with E-state index in [-0.39, 0.29) is 5.56 Å². The second-order valence-electron chi connectivity index (χ2n) is 7.71. The van der Waals surface area contributed by atoms with Crippen molar-refractivity contribution in [2.24, 2.45) is 0 Å². The lowest BCUT2D eigenvalue weighted by Crippen LogP contribution is -2.23. The minimum Gasteiger partial charge on any atom is -0.288 e. The van der Waals surface area contributed by atoms with Crippen molar-refractivity contribution < 1.29 is 0 Å². The van der Waals surface area contributed by atoms with Crippen LogP contribution in [-0.4, -0.2) is 14.3 Å². The lowest BCUT2D eigenvalue weighted by atomic mass is 10.1. The van der Waals surface area contributed by atoms with E-state index in [0.29, 0.717) is 6.54 Å². The largest absolute Gasteiger partial charge is 0.288 e. The van der Waals surface area contributed by atoms with Crippen molar-refractivity contribution >= 4 is 11.0 Å². The standard InChI is InChI=1S/C24H25N3O/c1-15-7-10-21(11-8-15)27-24-23(19(5)25-27)18(4)13-22(28)26(24)14-20-12-16(2)6-9-17(20)3/h6-13H,14H2,1-5H3. The molecule has 0 aliphatic carbocycles. The highest BCUT2D eigenvalue weighted by molar-refractivity contribution is 5.83. The molecular weight excluding hydrogens is 346 g/mol. The smallest absolute Gasteiger partial charge is 0.252 e. The lowest BCUT2D eigenvalue weighted by Gasteiger charge is -2.14. The quantitative estimate of drug-likeness (QED) is 0.520. The maximum Gasteiger partial charge on any atom is 0.252 e. The summed E-state index contributed by atoms with van der Waals surface area (Å²) in [5.74, 6) is 0. The number of hydrogen-bond donors (Lipinski definition) is 0. The Morgan fingerprint density at radius 2 is 1.50 bits per heavy atom. The van der Waals surface area contributed by atoms with E-state index in [1.807, 2.05) is 23.1 Å². The summed E-state index contributed by atoms with van der Waals surface area (Å²) >= 11 is 0. The molecule has 142 valence electrons. The fraction of sp³-hybridized carbons (Fsp3) is 0.250. The number of fused-ring (bicyclic) bond motifs is 1. The first kappa shape index (κ1) is 18.2. The van der Waals surface area contributed by atoms with Crippen LogP contribution in [0.15, 0.2) is 53.3 Å². The summed E-state index contributed by atoms with van der Waals surface area (Å²) in [5, 5.41) is 5.84. The molecule has 0 saturated heterocycles. The zero-order valence-corrected chi connectivity index (χ0v) is 17.1. The topological polar surface area (TPSA) is 39.8 Å². The van der Waals surface area contributed by atoms with Crippen LogP contribution in [0.2, 0.25) is 0 Å². The molecule has 0 aliphatic heterocycles. The van der Waals surface area contributed by atoms with E-state index >= 15 is 0 Å². The molecular formula is C24H25N3O. The second-order valence-corrected chi connectivity index (χ2v) is 7.71. The van der Waals surface area contributed by atoms with Gasteiger partial charge in [0, 0.05) is 11.5 Å². The minimum atomic E-state index is -0.000771. The van der Waals surface area contributed by atoms with Crippen molar-refractivity contribution in [1.82, 2.24) is 14.3 Å². The fourth-order valence-corrected chi connectivity index (χ4v) is 3.83. The molecule has 28 heavy (non-hydrogen) atoms. The van der Waals surface area contributed by atoms with Gasteiger partial charge in [-0.15, -0.1) is 0 Å². The molecule has 0 aliphatic rings. The van der Waals surface area contributed by atoms with Gasteiger partial charge in [0.25, 0.3) is 5.56 Å². The molecule has 4 aromatic rings. The average molecular weight is 371 g/mol. The number of pyridine rings is 1. The maximum atomic E-state index is 13.0. The van der Waals surface area contributed by atoms with Crippen LogP contribution in [0.25, 0.3) is 16.7 Å². The van der Waals surface area contributed by atoms with Crippen molar-refractivity contribution in [3.63, 3.8) is 0 Å². The summed E-state index contributed by atoms with van der Waals surface area (Å²) in [6.45, 7) is 10.8. The van der Waals surface area contributed by atoms with Gasteiger partial charge in [0.15, 0.2) is 0 Å². The SMILES string of the molecule is Cc1ccc(-n2nc(C)c3c(C)cc(=O)n(Cc4cc(C)ccc4C)c32)cc1. The van der Waals surface area contributed by atoms with Crippen molar-refractivity contribution in [3.05, 3.63) is 92.4 Å². The molecule has 4 rings (SSSR count). The summed E-state index contributed by atoms with van der Waals surface area (Å²) in [4.78, 5) is 13.0. The zero-order chi connectivity index (χ0) is 20.0. The predicted molar refractivity (Wildman–Crippen MR) is 115 cm³/mol. The van der Waals surface area contributed by atoms with E-state index in [1.165, 1.54) is 16.7 Å². The van der Waals surface area contributed by atoms with Crippen LogP contribution in [0, 0.1) is 34.6 Å². The summed E-state index contributed by atoms with van der Waals surface area (Å²) in [6, 6.07) is 16.3. The van der Waals surface area contributed by atoms with E-state index in [2.05, 4.69) is 63.2 Å². The average Bonchev–Trinajstić information content (AvgIpc) is 2.99. The Bertz CT molecular complexity index is 1240. The molecule has 0 amide bonds. The fourth-order valence-electron chi connectivity index (χ4n) is 3.83. The van der Waals surface area contributed by atoms with Gasteiger partial charge in [-0.1, -0.05) is 41.5 Å². The first-order valence-corrected chi connectivity index (χ1v) is 9.58. The molecule has 0 unspecified atom stereocenters. The van der Waals surface area contributed by atoms with Gasteiger partial charge in [0.05, 0.1) is 17.9 Å². The Hall–Kier alpha value is -3.14. The highest BCUT2D eigenvalue weighted by Crippen LogP contribution is 2.25. The third-order valence-corrected chi connectivity index (χ3v) is 5.40. The molecule has 0 spiro atoms. The molecule has 0 saturated carbocycles. The van der Waals surface area contributed by atoms with Crippen LogP contribution >= 0.6 is 0 Å². The van der Waals surface area contributed by atoms with Crippen molar-refractivity contribution in [2.45, 2.75) is 41.2 Å². The van der Waals surface area contributed by atoms with Crippen molar-refractivity contribution in [2.75, 3.05) is 0 Å². The van der Waals surface area contributed by atoms with Crippen LogP contribution in [0.3, 0.4) is 0 Å². The lowest BCUT2D eigenvalue weighted by molar-refractivity contribution is 0.746. The molecule has 0 atom stereocenters. The van der Waals surface area contributed by atoms with Gasteiger partial charge in [-0.3, -0.25) is 9.36 Å². The number of aryl methyl sites for hydroxylation is 5. The van der Waals surface area contributed by atoms with E-state index in [9.17, 15) is 4.79 Å². The van der Waals surface area contributed by atoms with Gasteiger partial charge < -0.3 is 0 Å². The van der Waals surface area contributed by atoms with E-state index in [4.69, 9.17) is 5.10 Å². The van der Waals surface area contributed by atoms with E-state index < -0.39 is 0 Å². The minimum absolute atomic E-state index is 0.000771. The number of rotatable bonds is 3. The molecule has 0 radical (unpaired) electrons. The Labute approximate surface area is 165 Å². The summed E-state index contributed by atoms with van der Waals surface area (Å²) in [7, 11) is 0. The predicted octanol–water partition coefficient (Wildman–Crippen LogP) is 4.78. The van der Waals surface area contributed by atoms with Crippen LogP contribution in [0.5, 0.6) is 0 Å². The highest BCUT2D eigenvalue weighted by atomic mass is 16.1. The van der Waals surface area contributed by atoms with Crippen LogP contribution in [0.1, 0.15) is 33.5 Å². The molecule has 4 nitrogen and oxygen atoms in total. The molecule has 0 bridgehead atoms. The second kappa shape index (κ2) is 6.79. The number of aromatic nitrogens is 3. The first-order valence-electron chi connectivity index (χ1n) is 9.58. The van der Waals surface area contributed by atoms with Gasteiger partial charge in [-0.25, -0.2) is 4.68 Å². The molecule has 2 aromatic carbocycles.